The molecule has 0 aromatic heterocycles. The van der Waals surface area contributed by atoms with Crippen LogP contribution in [0.3, 0.4) is 0 Å². The molecule has 0 bridgehead atoms. The van der Waals surface area contributed by atoms with Gasteiger partial charge in [-0.3, -0.25) is 0 Å². The third-order valence-electron chi connectivity index (χ3n) is 6.34. The van der Waals surface area contributed by atoms with Crippen molar-refractivity contribution in [2.24, 2.45) is 11.3 Å². The van der Waals surface area contributed by atoms with Crippen LogP contribution in [0.5, 0.6) is 0 Å². The Morgan fingerprint density at radius 3 is 2.59 bits per heavy atom. The number of likely N-dealkylation sites (tertiary alicyclic amines) is 1. The predicted octanol–water partition coefficient (Wildman–Crippen LogP) is 4.07. The topological polar surface area (TPSA) is 12.5 Å². The van der Waals surface area contributed by atoms with Crippen LogP contribution in [0.2, 0.25) is 0 Å². The van der Waals surface area contributed by atoms with Crippen molar-refractivity contribution in [3.8, 4) is 0 Å². The molecular weight excluding hydrogens is 270 g/mol. The Hall–Kier alpha value is -0.860. The van der Waals surface area contributed by atoms with Crippen LogP contribution in [-0.4, -0.2) is 37.7 Å². The zero-order chi connectivity index (χ0) is 14.8. The highest BCUT2D eigenvalue weighted by atomic mass is 16.5. The molecule has 1 spiro atoms. The third-order valence-corrected chi connectivity index (χ3v) is 6.34. The Labute approximate surface area is 134 Å². The minimum Gasteiger partial charge on any atom is -0.381 e. The van der Waals surface area contributed by atoms with E-state index in [1.54, 1.807) is 5.56 Å². The van der Waals surface area contributed by atoms with E-state index in [4.69, 9.17) is 4.74 Å². The molecule has 0 radical (unpaired) electrons. The lowest BCUT2D eigenvalue weighted by atomic mass is 9.78. The summed E-state index contributed by atoms with van der Waals surface area (Å²) >= 11 is 0. The second-order valence-corrected chi connectivity index (χ2v) is 7.92. The lowest BCUT2D eigenvalue weighted by Gasteiger charge is -2.32. The molecule has 1 aliphatic carbocycles. The number of nitrogens with zero attached hydrogens (tertiary/aromatic N) is 1. The summed E-state index contributed by atoms with van der Waals surface area (Å²) in [6.07, 6.45) is 8.27. The van der Waals surface area contributed by atoms with Crippen molar-refractivity contribution < 1.29 is 4.74 Å². The molecule has 0 amide bonds. The standard InChI is InChI=1S/C20H29NO/c1-2-4-18(5-3-1)19-8-6-17(7-9-19)14-21-12-10-20(15-21)11-13-22-16-20/h1-5,17,19H,6-16H2/t17?,19?,20-/m0/s1. The van der Waals surface area contributed by atoms with Gasteiger partial charge in [-0.05, 0) is 62.5 Å². The molecule has 1 aromatic rings. The molecule has 1 aromatic carbocycles. The quantitative estimate of drug-likeness (QED) is 0.834. The fraction of sp³-hybridized carbons (Fsp3) is 0.700. The van der Waals surface area contributed by atoms with E-state index in [0.717, 1.165) is 25.0 Å². The summed E-state index contributed by atoms with van der Waals surface area (Å²) in [5.41, 5.74) is 2.09. The molecule has 0 unspecified atom stereocenters. The van der Waals surface area contributed by atoms with Crippen molar-refractivity contribution in [3.05, 3.63) is 35.9 Å². The SMILES string of the molecule is c1ccc(C2CCC(CN3CC[C@]4(CCOC4)C3)CC2)cc1. The maximum absolute atomic E-state index is 5.66. The van der Waals surface area contributed by atoms with Crippen LogP contribution in [0, 0.1) is 11.3 Å². The normalized spacial score (nSPS) is 36.2. The molecule has 2 heterocycles. The maximum Gasteiger partial charge on any atom is 0.0536 e. The number of benzene rings is 1. The van der Waals surface area contributed by atoms with Gasteiger partial charge in [0.25, 0.3) is 0 Å². The Morgan fingerprint density at radius 1 is 1.05 bits per heavy atom. The number of ether oxygens (including phenoxy) is 1. The molecule has 1 atom stereocenters. The summed E-state index contributed by atoms with van der Waals surface area (Å²) in [4.78, 5) is 2.74. The van der Waals surface area contributed by atoms with Crippen LogP contribution in [0.1, 0.15) is 50.0 Å². The minimum atomic E-state index is 0.529. The molecular formula is C20H29NO. The van der Waals surface area contributed by atoms with Crippen LogP contribution < -0.4 is 0 Å². The highest BCUT2D eigenvalue weighted by molar-refractivity contribution is 5.19. The van der Waals surface area contributed by atoms with Crippen LogP contribution in [0.4, 0.5) is 0 Å². The Balaban J connectivity index is 1.26. The maximum atomic E-state index is 5.66. The Morgan fingerprint density at radius 2 is 1.86 bits per heavy atom. The Kier molecular flexibility index (Phi) is 4.23. The van der Waals surface area contributed by atoms with Crippen molar-refractivity contribution in [3.63, 3.8) is 0 Å². The number of hydrogen-bond acceptors (Lipinski definition) is 2. The highest BCUT2D eigenvalue weighted by Crippen LogP contribution is 2.40. The van der Waals surface area contributed by atoms with Crippen LogP contribution in [0.25, 0.3) is 0 Å². The summed E-state index contributed by atoms with van der Waals surface area (Å²) in [6.45, 7) is 5.96. The monoisotopic (exact) mass is 299 g/mol. The van der Waals surface area contributed by atoms with E-state index in [-0.39, 0.29) is 0 Å². The van der Waals surface area contributed by atoms with E-state index in [0.29, 0.717) is 5.41 Å². The average molecular weight is 299 g/mol. The minimum absolute atomic E-state index is 0.529. The van der Waals surface area contributed by atoms with Gasteiger partial charge in [0.1, 0.15) is 0 Å². The van der Waals surface area contributed by atoms with Crippen LogP contribution in [0.15, 0.2) is 30.3 Å². The van der Waals surface area contributed by atoms with Gasteiger partial charge < -0.3 is 9.64 Å². The molecule has 2 aliphatic heterocycles. The fourth-order valence-corrected chi connectivity index (χ4v) is 4.92. The first kappa shape index (κ1) is 14.7. The van der Waals surface area contributed by atoms with Crippen molar-refractivity contribution in [1.82, 2.24) is 4.90 Å². The van der Waals surface area contributed by atoms with Gasteiger partial charge in [-0.25, -0.2) is 0 Å². The lowest BCUT2D eigenvalue weighted by molar-refractivity contribution is 0.146. The van der Waals surface area contributed by atoms with Gasteiger partial charge in [0.15, 0.2) is 0 Å². The fourth-order valence-electron chi connectivity index (χ4n) is 4.92. The molecule has 22 heavy (non-hydrogen) atoms. The van der Waals surface area contributed by atoms with Crippen LogP contribution >= 0.6 is 0 Å². The molecule has 0 N–H and O–H groups in total. The summed E-state index contributed by atoms with van der Waals surface area (Å²) in [6, 6.07) is 11.1. The van der Waals surface area contributed by atoms with Gasteiger partial charge in [-0.1, -0.05) is 30.3 Å². The smallest absolute Gasteiger partial charge is 0.0536 e. The van der Waals surface area contributed by atoms with Gasteiger partial charge in [0.05, 0.1) is 6.61 Å². The zero-order valence-electron chi connectivity index (χ0n) is 13.7. The molecule has 3 aliphatic rings. The first-order valence-electron chi connectivity index (χ1n) is 9.18. The lowest BCUT2D eigenvalue weighted by Crippen LogP contribution is -2.32. The molecule has 2 saturated heterocycles. The second kappa shape index (κ2) is 6.33. The van der Waals surface area contributed by atoms with Gasteiger partial charge >= 0.3 is 0 Å². The van der Waals surface area contributed by atoms with Gasteiger partial charge in [-0.2, -0.15) is 0 Å². The van der Waals surface area contributed by atoms with E-state index in [2.05, 4.69) is 35.2 Å². The molecule has 2 heteroatoms. The molecule has 1 saturated carbocycles. The summed E-state index contributed by atoms with van der Waals surface area (Å²) in [7, 11) is 0. The van der Waals surface area contributed by atoms with E-state index in [1.807, 2.05) is 0 Å². The van der Waals surface area contributed by atoms with Crippen molar-refractivity contribution >= 4 is 0 Å². The number of hydrogen-bond donors (Lipinski definition) is 0. The van der Waals surface area contributed by atoms with Crippen molar-refractivity contribution in [1.29, 1.82) is 0 Å². The molecule has 2 nitrogen and oxygen atoms in total. The molecule has 4 rings (SSSR count). The predicted molar refractivity (Wildman–Crippen MR) is 90.1 cm³/mol. The largest absolute Gasteiger partial charge is 0.381 e. The summed E-state index contributed by atoms with van der Waals surface area (Å²) in [5.74, 6) is 1.74. The van der Waals surface area contributed by atoms with E-state index in [1.165, 1.54) is 58.2 Å². The van der Waals surface area contributed by atoms with Gasteiger partial charge in [0.2, 0.25) is 0 Å². The molecule has 3 fully saturated rings. The van der Waals surface area contributed by atoms with E-state index in [9.17, 15) is 0 Å². The van der Waals surface area contributed by atoms with E-state index >= 15 is 0 Å². The number of rotatable bonds is 3. The summed E-state index contributed by atoms with van der Waals surface area (Å²) in [5, 5.41) is 0. The average Bonchev–Trinajstić information content (AvgIpc) is 3.19. The first-order chi connectivity index (χ1) is 10.8. The summed E-state index contributed by atoms with van der Waals surface area (Å²) < 4.78 is 5.66. The second-order valence-electron chi connectivity index (χ2n) is 7.92. The Bertz CT molecular complexity index is 472. The van der Waals surface area contributed by atoms with Crippen LogP contribution in [-0.2, 0) is 4.74 Å². The van der Waals surface area contributed by atoms with E-state index < -0.39 is 0 Å². The third kappa shape index (κ3) is 3.09. The highest BCUT2D eigenvalue weighted by Gasteiger charge is 2.41. The van der Waals surface area contributed by atoms with Crippen molar-refractivity contribution in [2.45, 2.75) is 44.4 Å². The zero-order valence-corrected chi connectivity index (χ0v) is 13.7. The molecule has 120 valence electrons. The van der Waals surface area contributed by atoms with Crippen molar-refractivity contribution in [2.75, 3.05) is 32.8 Å². The first-order valence-corrected chi connectivity index (χ1v) is 9.18. The van der Waals surface area contributed by atoms with Gasteiger partial charge in [-0.15, -0.1) is 0 Å². The van der Waals surface area contributed by atoms with Gasteiger partial charge in [0, 0.05) is 25.1 Å².